The Morgan fingerprint density at radius 1 is 1.28 bits per heavy atom. The van der Waals surface area contributed by atoms with Crippen LogP contribution in [-0.4, -0.2) is 33.9 Å². The molecule has 154 valence electrons. The van der Waals surface area contributed by atoms with Gasteiger partial charge >= 0.3 is 5.97 Å². The molecule has 3 aliphatic carbocycles. The molecular formula is C22H26ClN3O3. The Labute approximate surface area is 177 Å². The SMILES string of the molecule is [2H]C1(CCOc2ccn(-c3ccc(C(=O)OCCCC)c(Cl)n3)n2)C2(CC2)C12CC2. The lowest BCUT2D eigenvalue weighted by Gasteiger charge is -2.07. The Balaban J connectivity index is 1.18. The molecule has 29 heavy (non-hydrogen) atoms. The molecular weight excluding hydrogens is 390 g/mol. The van der Waals surface area contributed by atoms with Gasteiger partial charge in [0.05, 0.1) is 18.8 Å². The normalized spacial score (nSPS) is 21.7. The van der Waals surface area contributed by atoms with Crippen LogP contribution < -0.4 is 4.74 Å². The highest BCUT2D eigenvalue weighted by molar-refractivity contribution is 6.32. The molecule has 0 saturated heterocycles. The zero-order valence-corrected chi connectivity index (χ0v) is 17.4. The molecule has 0 bridgehead atoms. The maximum Gasteiger partial charge on any atom is 0.341 e. The number of hydrogen-bond acceptors (Lipinski definition) is 5. The molecule has 0 aromatic carbocycles. The average Bonchev–Trinajstić information content (AvgIpc) is 3.66. The van der Waals surface area contributed by atoms with Crippen LogP contribution in [0.5, 0.6) is 5.88 Å². The lowest BCUT2D eigenvalue weighted by molar-refractivity contribution is 0.0499. The number of hydrogen-bond donors (Lipinski definition) is 0. The van der Waals surface area contributed by atoms with Crippen LogP contribution >= 0.6 is 11.6 Å². The van der Waals surface area contributed by atoms with E-state index in [2.05, 4.69) is 10.1 Å². The third-order valence-corrected chi connectivity index (χ3v) is 6.98. The summed E-state index contributed by atoms with van der Waals surface area (Å²) >= 11 is 6.19. The maximum atomic E-state index is 12.1. The minimum Gasteiger partial charge on any atom is -0.477 e. The van der Waals surface area contributed by atoms with Crippen molar-refractivity contribution in [1.29, 1.82) is 0 Å². The Bertz CT molecular complexity index is 966. The first-order valence-corrected chi connectivity index (χ1v) is 10.9. The fourth-order valence-electron chi connectivity index (χ4n) is 4.87. The monoisotopic (exact) mass is 416 g/mol. The first kappa shape index (κ1) is 17.8. The van der Waals surface area contributed by atoms with Gasteiger partial charge in [-0.1, -0.05) is 24.9 Å². The summed E-state index contributed by atoms with van der Waals surface area (Å²) < 4.78 is 21.4. The second-order valence-electron chi connectivity index (χ2n) is 8.34. The number of esters is 1. The molecule has 0 atom stereocenters. The van der Waals surface area contributed by atoms with E-state index in [1.807, 2.05) is 6.92 Å². The van der Waals surface area contributed by atoms with Gasteiger partial charge in [-0.2, -0.15) is 0 Å². The van der Waals surface area contributed by atoms with E-state index in [1.54, 1.807) is 29.1 Å². The lowest BCUT2D eigenvalue weighted by atomic mass is 10.2. The number of carbonyl (C=O) groups is 1. The highest BCUT2D eigenvalue weighted by Crippen LogP contribution is 2.93. The number of aromatic nitrogens is 3. The highest BCUT2D eigenvalue weighted by Gasteiger charge is 2.85. The highest BCUT2D eigenvalue weighted by atomic mass is 35.5. The van der Waals surface area contributed by atoms with E-state index in [0.29, 0.717) is 35.7 Å². The number of unbranched alkanes of at least 4 members (excludes halogenated alkanes) is 1. The van der Waals surface area contributed by atoms with Gasteiger partial charge in [0.25, 0.3) is 0 Å². The molecule has 3 aliphatic rings. The van der Waals surface area contributed by atoms with Crippen LogP contribution in [0, 0.1) is 16.7 Å². The number of ether oxygens (including phenoxy) is 2. The van der Waals surface area contributed by atoms with Crippen molar-refractivity contribution in [2.24, 2.45) is 16.7 Å². The van der Waals surface area contributed by atoms with Crippen LogP contribution in [0.3, 0.4) is 0 Å². The minimum absolute atomic E-state index is 0.0845. The molecule has 0 amide bonds. The Hall–Kier alpha value is -2.08. The smallest absolute Gasteiger partial charge is 0.341 e. The van der Waals surface area contributed by atoms with E-state index in [4.69, 9.17) is 22.4 Å². The van der Waals surface area contributed by atoms with Crippen molar-refractivity contribution in [3.05, 3.63) is 35.1 Å². The number of rotatable bonds is 9. The van der Waals surface area contributed by atoms with E-state index in [9.17, 15) is 4.79 Å². The molecule has 3 fully saturated rings. The van der Waals surface area contributed by atoms with Gasteiger partial charge in [0, 0.05) is 13.6 Å². The van der Waals surface area contributed by atoms with Crippen LogP contribution in [0.1, 0.15) is 63.6 Å². The van der Waals surface area contributed by atoms with Gasteiger partial charge in [0.1, 0.15) is 5.15 Å². The van der Waals surface area contributed by atoms with Crippen LogP contribution in [0.2, 0.25) is 5.15 Å². The van der Waals surface area contributed by atoms with Gasteiger partial charge < -0.3 is 9.47 Å². The van der Waals surface area contributed by atoms with Crippen LogP contribution in [0.4, 0.5) is 0 Å². The minimum atomic E-state index is -0.469. The predicted molar refractivity (Wildman–Crippen MR) is 108 cm³/mol. The van der Waals surface area contributed by atoms with Crippen LogP contribution in [-0.2, 0) is 4.74 Å². The van der Waals surface area contributed by atoms with Gasteiger partial charge in [0.15, 0.2) is 5.82 Å². The van der Waals surface area contributed by atoms with Crippen molar-refractivity contribution < 1.29 is 15.6 Å². The number of halogens is 1. The van der Waals surface area contributed by atoms with Gasteiger partial charge in [-0.05, 0) is 67.4 Å². The maximum absolute atomic E-state index is 12.1. The Morgan fingerprint density at radius 2 is 2.03 bits per heavy atom. The van der Waals surface area contributed by atoms with E-state index in [1.165, 1.54) is 25.7 Å². The first-order chi connectivity index (χ1) is 14.5. The van der Waals surface area contributed by atoms with Gasteiger partial charge in [-0.3, -0.25) is 0 Å². The zero-order valence-electron chi connectivity index (χ0n) is 17.6. The first-order valence-electron chi connectivity index (χ1n) is 11.0. The van der Waals surface area contributed by atoms with E-state index < -0.39 is 5.97 Å². The molecule has 0 unspecified atom stereocenters. The molecule has 3 saturated carbocycles. The van der Waals surface area contributed by atoms with Crippen molar-refractivity contribution in [3.8, 4) is 11.7 Å². The largest absolute Gasteiger partial charge is 0.477 e. The van der Waals surface area contributed by atoms with Crippen molar-refractivity contribution >= 4 is 17.6 Å². The number of nitrogens with zero attached hydrogens (tertiary/aromatic N) is 3. The van der Waals surface area contributed by atoms with Gasteiger partial charge in [-0.25, -0.2) is 14.5 Å². The number of fused-ring (bicyclic) bond motifs is 1. The van der Waals surface area contributed by atoms with Crippen molar-refractivity contribution in [2.45, 2.75) is 51.9 Å². The third kappa shape index (κ3) is 3.21. The molecule has 6 nitrogen and oxygen atoms in total. The molecule has 5 rings (SSSR count). The molecule has 7 heteroatoms. The van der Waals surface area contributed by atoms with Crippen molar-refractivity contribution in [3.63, 3.8) is 0 Å². The van der Waals surface area contributed by atoms with Crippen LogP contribution in [0.15, 0.2) is 24.4 Å². The molecule has 2 aromatic heterocycles. The van der Waals surface area contributed by atoms with E-state index in [0.717, 1.165) is 19.3 Å². The van der Waals surface area contributed by atoms with Crippen molar-refractivity contribution in [1.82, 2.24) is 14.8 Å². The summed E-state index contributed by atoms with van der Waals surface area (Å²) in [6.45, 7) is 2.90. The topological polar surface area (TPSA) is 66.2 Å². The molecule has 2 spiro atoms. The summed E-state index contributed by atoms with van der Waals surface area (Å²) in [4.78, 5) is 16.4. The summed E-state index contributed by atoms with van der Waals surface area (Å²) in [5.74, 6) is 0.241. The zero-order chi connectivity index (χ0) is 21.0. The third-order valence-electron chi connectivity index (χ3n) is 6.70. The van der Waals surface area contributed by atoms with Gasteiger partial charge in [0.2, 0.25) is 5.88 Å². The summed E-state index contributed by atoms with van der Waals surface area (Å²) in [5.41, 5.74) is 0.888. The lowest BCUT2D eigenvalue weighted by Crippen LogP contribution is -2.09. The van der Waals surface area contributed by atoms with Crippen molar-refractivity contribution in [2.75, 3.05) is 13.2 Å². The Kier molecular flexibility index (Phi) is 4.29. The molecule has 2 aromatic rings. The number of carbonyl (C=O) groups excluding carboxylic acids is 1. The summed E-state index contributed by atoms with van der Waals surface area (Å²) in [6.07, 6.45) is 9.16. The standard InChI is InChI=1S/C22H26ClN3O3/c1-2-3-13-29-20(27)15-4-5-17(24-19(15)23)26-12-6-18(25-26)28-14-7-16-21(8-9-21)22(16)10-11-22/h4-6,12,16H,2-3,7-11,13-14H2,1H3/i16D. The fourth-order valence-corrected chi connectivity index (χ4v) is 5.10. The fraction of sp³-hybridized carbons (Fsp3) is 0.591. The van der Waals surface area contributed by atoms with Crippen LogP contribution in [0.25, 0.3) is 5.82 Å². The predicted octanol–water partition coefficient (Wildman–Crippen LogP) is 4.84. The molecule has 2 heterocycles. The molecule has 0 aliphatic heterocycles. The second-order valence-corrected chi connectivity index (χ2v) is 8.70. The summed E-state index contributed by atoms with van der Waals surface area (Å²) in [6, 6.07) is 5.05. The summed E-state index contributed by atoms with van der Waals surface area (Å²) in [7, 11) is 0. The van der Waals surface area contributed by atoms with E-state index in [-0.39, 0.29) is 16.6 Å². The van der Waals surface area contributed by atoms with Gasteiger partial charge in [-0.15, -0.1) is 5.10 Å². The average molecular weight is 417 g/mol. The summed E-state index contributed by atoms with van der Waals surface area (Å²) in [5, 5.41) is 4.48. The quantitative estimate of drug-likeness (QED) is 0.332. The molecule has 0 radical (unpaired) electrons. The van der Waals surface area contributed by atoms with E-state index >= 15 is 0 Å². The Morgan fingerprint density at radius 3 is 2.69 bits per heavy atom. The second kappa shape index (κ2) is 7.01. The number of pyridine rings is 1. The molecule has 0 N–H and O–H groups in total.